The molecular weight excluding hydrogens is 705 g/mol. The zero-order valence-electron chi connectivity index (χ0n) is 32.1. The van der Waals surface area contributed by atoms with Gasteiger partial charge in [-0.2, -0.15) is 0 Å². The lowest BCUT2D eigenvalue weighted by Gasteiger charge is -2.23. The first-order chi connectivity index (χ1) is 28.7. The summed E-state index contributed by atoms with van der Waals surface area (Å²) in [5, 5.41) is 7.34. The summed E-state index contributed by atoms with van der Waals surface area (Å²) in [5.41, 5.74) is 16.6. The van der Waals surface area contributed by atoms with Gasteiger partial charge in [-0.25, -0.2) is 0 Å². The van der Waals surface area contributed by atoms with Crippen molar-refractivity contribution in [1.82, 2.24) is 9.13 Å². The van der Waals surface area contributed by atoms with Crippen molar-refractivity contribution < 1.29 is 4.42 Å². The Hall–Kier alpha value is -7.36. The van der Waals surface area contributed by atoms with Gasteiger partial charge >= 0.3 is 0 Å². The normalized spacial score (nSPS) is 14.6. The third kappa shape index (κ3) is 5.00. The first-order valence-corrected chi connectivity index (χ1v) is 20.2. The van der Waals surface area contributed by atoms with Crippen LogP contribution in [0.4, 0.5) is 0 Å². The maximum Gasteiger partial charge on any atom is 0.143 e. The molecule has 1 unspecified atom stereocenters. The van der Waals surface area contributed by atoms with Crippen LogP contribution >= 0.6 is 0 Å². The van der Waals surface area contributed by atoms with E-state index in [1.165, 1.54) is 71.6 Å². The smallest absolute Gasteiger partial charge is 0.143 e. The lowest BCUT2D eigenvalue weighted by Crippen LogP contribution is -2.05. The van der Waals surface area contributed by atoms with Gasteiger partial charge < -0.3 is 13.6 Å². The summed E-state index contributed by atoms with van der Waals surface area (Å²) >= 11 is 0. The van der Waals surface area contributed by atoms with Crippen molar-refractivity contribution in [1.29, 1.82) is 0 Å². The molecule has 12 rings (SSSR count). The van der Waals surface area contributed by atoms with E-state index in [4.69, 9.17) is 4.42 Å². The fourth-order valence-electron chi connectivity index (χ4n) is 9.69. The minimum absolute atomic E-state index is 0.350. The number of para-hydroxylation sites is 5. The van der Waals surface area contributed by atoms with Gasteiger partial charge in [0.1, 0.15) is 11.2 Å². The van der Waals surface area contributed by atoms with Gasteiger partial charge in [0.2, 0.25) is 0 Å². The molecule has 3 nitrogen and oxygen atoms in total. The molecule has 0 radical (unpaired) electrons. The number of aromatic nitrogens is 2. The van der Waals surface area contributed by atoms with E-state index in [-0.39, 0.29) is 0 Å². The van der Waals surface area contributed by atoms with E-state index in [1.54, 1.807) is 0 Å². The fourth-order valence-corrected chi connectivity index (χ4v) is 9.69. The molecule has 0 fully saturated rings. The van der Waals surface area contributed by atoms with Crippen LogP contribution in [0, 0.1) is 5.92 Å². The molecule has 0 N–H and O–H groups in total. The quantitative estimate of drug-likeness (QED) is 0.172. The first kappa shape index (κ1) is 32.8. The Kier molecular flexibility index (Phi) is 7.27. The lowest BCUT2D eigenvalue weighted by atomic mass is 9.82. The molecule has 0 bridgehead atoms. The molecule has 1 atom stereocenters. The number of hydrogen-bond acceptors (Lipinski definition) is 1. The molecule has 58 heavy (non-hydrogen) atoms. The number of nitrogens with zero attached hydrogens (tertiary/aromatic N) is 2. The van der Waals surface area contributed by atoms with Gasteiger partial charge in [-0.05, 0) is 113 Å². The maximum absolute atomic E-state index is 6.50. The summed E-state index contributed by atoms with van der Waals surface area (Å²) in [4.78, 5) is 0. The van der Waals surface area contributed by atoms with E-state index < -0.39 is 0 Å². The number of furan rings is 1. The van der Waals surface area contributed by atoms with Crippen LogP contribution in [0.15, 0.2) is 199 Å². The van der Waals surface area contributed by atoms with Gasteiger partial charge in [-0.3, -0.25) is 0 Å². The number of benzene rings is 8. The summed E-state index contributed by atoms with van der Waals surface area (Å²) in [7, 11) is 0. The van der Waals surface area contributed by atoms with Crippen LogP contribution < -0.4 is 0 Å². The molecule has 3 heteroatoms. The molecule has 274 valence electrons. The summed E-state index contributed by atoms with van der Waals surface area (Å²) in [6.07, 6.45) is 5.70. The van der Waals surface area contributed by atoms with Crippen LogP contribution in [0.2, 0.25) is 0 Å². The highest BCUT2D eigenvalue weighted by molar-refractivity contribution is 6.14. The van der Waals surface area contributed by atoms with Crippen LogP contribution in [-0.2, 0) is 0 Å². The Bertz CT molecular complexity index is 3480. The van der Waals surface area contributed by atoms with Crippen molar-refractivity contribution in [2.45, 2.75) is 13.3 Å². The molecule has 0 saturated heterocycles. The Balaban J connectivity index is 0.983. The molecule has 3 heterocycles. The molecule has 0 aliphatic heterocycles. The summed E-state index contributed by atoms with van der Waals surface area (Å²) < 4.78 is 11.3. The van der Waals surface area contributed by atoms with Crippen molar-refractivity contribution >= 4 is 76.7 Å². The zero-order chi connectivity index (χ0) is 38.3. The average molecular weight is 743 g/mol. The molecule has 11 aromatic rings. The topological polar surface area (TPSA) is 23.0 Å². The van der Waals surface area contributed by atoms with E-state index in [9.17, 15) is 0 Å². The number of rotatable bonds is 5. The van der Waals surface area contributed by atoms with E-state index in [1.807, 2.05) is 6.07 Å². The largest absolute Gasteiger partial charge is 0.455 e. The first-order valence-electron chi connectivity index (χ1n) is 20.2. The Morgan fingerprint density at radius 1 is 0.431 bits per heavy atom. The van der Waals surface area contributed by atoms with E-state index >= 15 is 0 Å². The molecule has 0 saturated carbocycles. The van der Waals surface area contributed by atoms with Crippen LogP contribution in [-0.4, -0.2) is 9.13 Å². The Labute approximate surface area is 336 Å². The predicted octanol–water partition coefficient (Wildman–Crippen LogP) is 15.0. The third-order valence-electron chi connectivity index (χ3n) is 12.4. The third-order valence-corrected chi connectivity index (χ3v) is 12.4. The minimum atomic E-state index is 0.350. The van der Waals surface area contributed by atoms with Crippen molar-refractivity contribution in [3.05, 3.63) is 205 Å². The highest BCUT2D eigenvalue weighted by Crippen LogP contribution is 2.43. The predicted molar refractivity (Wildman–Crippen MR) is 244 cm³/mol. The van der Waals surface area contributed by atoms with Gasteiger partial charge in [-0.1, -0.05) is 128 Å². The number of fused-ring (bicyclic) bond motifs is 9. The summed E-state index contributed by atoms with van der Waals surface area (Å²) in [6.45, 7) is 2.38. The second-order valence-corrected chi connectivity index (χ2v) is 15.8. The van der Waals surface area contributed by atoms with Crippen molar-refractivity contribution in [3.8, 4) is 22.5 Å². The molecule has 3 aromatic heterocycles. The number of allylic oxidation sites excluding steroid dienone is 4. The van der Waals surface area contributed by atoms with Gasteiger partial charge in [0.05, 0.1) is 22.1 Å². The molecule has 0 spiro atoms. The zero-order valence-corrected chi connectivity index (χ0v) is 32.1. The summed E-state index contributed by atoms with van der Waals surface area (Å²) in [5.74, 6) is 0.350. The molecule has 1 aliphatic rings. The van der Waals surface area contributed by atoms with Crippen LogP contribution in [0.25, 0.3) is 99.2 Å². The Morgan fingerprint density at radius 3 is 1.67 bits per heavy atom. The second kappa shape index (κ2) is 12.8. The Morgan fingerprint density at radius 2 is 0.966 bits per heavy atom. The maximum atomic E-state index is 6.50. The molecule has 0 amide bonds. The highest BCUT2D eigenvalue weighted by Gasteiger charge is 2.22. The average Bonchev–Trinajstić information content (AvgIpc) is 3.94. The minimum Gasteiger partial charge on any atom is -0.455 e. The van der Waals surface area contributed by atoms with E-state index in [0.717, 1.165) is 45.2 Å². The van der Waals surface area contributed by atoms with Crippen LogP contribution in [0.3, 0.4) is 0 Å². The van der Waals surface area contributed by atoms with Gasteiger partial charge in [-0.15, -0.1) is 0 Å². The van der Waals surface area contributed by atoms with Crippen LogP contribution in [0.1, 0.15) is 24.5 Å². The SMILES string of the molecule is CC1CC(c2ccc3c(c2)c2ccccc2n3-c2ccccc2)=CC=C1c1ccc2c(c1)c1cc(-c3cccc4c3oc3ccccc34)ccc1n2-c1ccccc1. The van der Waals surface area contributed by atoms with Gasteiger partial charge in [0.15, 0.2) is 0 Å². The van der Waals surface area contributed by atoms with Crippen LogP contribution in [0.5, 0.6) is 0 Å². The monoisotopic (exact) mass is 742 g/mol. The van der Waals surface area contributed by atoms with E-state index in [0.29, 0.717) is 5.92 Å². The number of hydrogen-bond donors (Lipinski definition) is 0. The molecule has 1 aliphatic carbocycles. The van der Waals surface area contributed by atoms with Crippen molar-refractivity contribution in [3.63, 3.8) is 0 Å². The van der Waals surface area contributed by atoms with Gasteiger partial charge in [0, 0.05) is 49.3 Å². The standard InChI is InChI=1S/C55H38N2O/c1-35-31-36(37-24-28-51-47(32-37)44-17-8-10-21-50(44)56(51)40-13-4-2-5-14-40)23-27-42(35)38-25-29-52-48(33-38)49-34-39(26-30-53(49)57(52)41-15-6-3-7-16-41)43-19-12-20-46-45-18-9-11-22-54(45)58-55(43)46/h2-30,32-35H,31H2,1H3. The van der Waals surface area contributed by atoms with Gasteiger partial charge in [0.25, 0.3) is 0 Å². The van der Waals surface area contributed by atoms with E-state index in [2.05, 4.69) is 204 Å². The highest BCUT2D eigenvalue weighted by atomic mass is 16.3. The lowest BCUT2D eigenvalue weighted by molar-refractivity contribution is 0.670. The van der Waals surface area contributed by atoms with Crippen molar-refractivity contribution in [2.75, 3.05) is 0 Å². The molecular formula is C55H38N2O. The second-order valence-electron chi connectivity index (χ2n) is 15.8. The molecule has 8 aromatic carbocycles. The fraction of sp³-hybridized carbons (Fsp3) is 0.0545. The summed E-state index contributed by atoms with van der Waals surface area (Å²) in [6, 6.07) is 66.0. The van der Waals surface area contributed by atoms with Crippen molar-refractivity contribution in [2.24, 2.45) is 5.92 Å².